The molecule has 1 aliphatic rings. The predicted molar refractivity (Wildman–Crippen MR) is 111 cm³/mol. The number of benzene rings is 2. The summed E-state index contributed by atoms with van der Waals surface area (Å²) in [5, 5.41) is 2.71. The molecule has 0 radical (unpaired) electrons. The summed E-state index contributed by atoms with van der Waals surface area (Å²) in [6, 6.07) is 20.3. The molecule has 0 saturated carbocycles. The van der Waals surface area contributed by atoms with Gasteiger partial charge in [-0.3, -0.25) is 19.3 Å². The highest BCUT2D eigenvalue weighted by Gasteiger charge is 2.27. The number of nitrogens with one attached hydrogen (secondary N) is 1. The smallest absolute Gasteiger partial charge is 0.306 e. The Morgan fingerprint density at radius 1 is 1.00 bits per heavy atom. The Hall–Kier alpha value is -3.87. The molecule has 2 amide bonds. The molecule has 0 aliphatic carbocycles. The van der Waals surface area contributed by atoms with Gasteiger partial charge >= 0.3 is 5.97 Å². The number of carbonyl (C=O) groups excluding carboxylic acids is 3. The number of aryl methyl sites for hydroxylation is 1. The number of nitrogens with zero attached hydrogens (tertiary/aromatic N) is 1. The Balaban J connectivity index is 1.29. The monoisotopic (exact) mass is 404 g/mol. The first kappa shape index (κ1) is 19.4. The number of fused-ring (bicyclic) bond motifs is 1. The molecule has 1 N–H and O–H groups in total. The largest absolute Gasteiger partial charge is 0.461 e. The van der Waals surface area contributed by atoms with Gasteiger partial charge in [-0.1, -0.05) is 42.5 Å². The van der Waals surface area contributed by atoms with Gasteiger partial charge < -0.3 is 14.5 Å². The highest BCUT2D eigenvalue weighted by molar-refractivity contribution is 6.10. The Morgan fingerprint density at radius 3 is 2.60 bits per heavy atom. The van der Waals surface area contributed by atoms with Crippen molar-refractivity contribution >= 4 is 29.2 Å². The maximum absolute atomic E-state index is 12.5. The van der Waals surface area contributed by atoms with Crippen LogP contribution in [0, 0.1) is 0 Å². The van der Waals surface area contributed by atoms with Crippen LogP contribution in [-0.4, -0.2) is 30.9 Å². The van der Waals surface area contributed by atoms with Crippen LogP contribution in [0.15, 0.2) is 71.1 Å². The lowest BCUT2D eigenvalue weighted by molar-refractivity contribution is -0.147. The number of anilines is 2. The van der Waals surface area contributed by atoms with Crippen LogP contribution in [0.5, 0.6) is 0 Å². The molecule has 1 aliphatic heterocycles. The van der Waals surface area contributed by atoms with Crippen molar-refractivity contribution in [3.05, 3.63) is 72.5 Å². The second-order valence-corrected chi connectivity index (χ2v) is 6.84. The van der Waals surface area contributed by atoms with Gasteiger partial charge in [0.25, 0.3) is 5.91 Å². The van der Waals surface area contributed by atoms with Crippen LogP contribution >= 0.6 is 0 Å². The van der Waals surface area contributed by atoms with Crippen molar-refractivity contribution in [2.24, 2.45) is 0 Å². The second kappa shape index (κ2) is 8.65. The number of esters is 1. The topological polar surface area (TPSA) is 88.8 Å². The van der Waals surface area contributed by atoms with E-state index in [0.29, 0.717) is 23.6 Å². The molecule has 2 aromatic carbocycles. The van der Waals surface area contributed by atoms with E-state index in [1.807, 2.05) is 42.5 Å². The highest BCUT2D eigenvalue weighted by atomic mass is 16.5. The Morgan fingerprint density at radius 2 is 1.77 bits per heavy atom. The van der Waals surface area contributed by atoms with E-state index >= 15 is 0 Å². The zero-order valence-electron chi connectivity index (χ0n) is 16.2. The van der Waals surface area contributed by atoms with Gasteiger partial charge in [0.1, 0.15) is 18.1 Å². The van der Waals surface area contributed by atoms with Gasteiger partial charge in [-0.2, -0.15) is 0 Å². The van der Waals surface area contributed by atoms with Crippen LogP contribution in [-0.2, 0) is 25.5 Å². The minimum absolute atomic E-state index is 0.0894. The number of carbonyl (C=O) groups is 3. The molecular weight excluding hydrogens is 384 g/mol. The van der Waals surface area contributed by atoms with Gasteiger partial charge in [-0.15, -0.1) is 0 Å². The average Bonchev–Trinajstić information content (AvgIpc) is 3.25. The fourth-order valence-corrected chi connectivity index (χ4v) is 3.24. The minimum atomic E-state index is -0.504. The molecule has 152 valence electrons. The van der Waals surface area contributed by atoms with E-state index in [2.05, 4.69) is 5.32 Å². The third-order valence-corrected chi connectivity index (χ3v) is 4.72. The molecule has 3 aromatic rings. The third kappa shape index (κ3) is 4.41. The molecule has 30 heavy (non-hydrogen) atoms. The summed E-state index contributed by atoms with van der Waals surface area (Å²) in [6.07, 6.45) is 0.459. The quantitative estimate of drug-likeness (QED) is 0.636. The van der Waals surface area contributed by atoms with E-state index in [0.717, 1.165) is 11.3 Å². The lowest BCUT2D eigenvalue weighted by Crippen LogP contribution is -2.44. The Bertz CT molecular complexity index is 1070. The molecule has 0 atom stereocenters. The van der Waals surface area contributed by atoms with Gasteiger partial charge in [0.2, 0.25) is 5.91 Å². The summed E-state index contributed by atoms with van der Waals surface area (Å²) in [7, 11) is 0. The van der Waals surface area contributed by atoms with Gasteiger partial charge in [-0.25, -0.2) is 0 Å². The number of ether oxygens (including phenoxy) is 1. The second-order valence-electron chi connectivity index (χ2n) is 6.84. The van der Waals surface area contributed by atoms with Crippen molar-refractivity contribution in [2.75, 3.05) is 23.4 Å². The van der Waals surface area contributed by atoms with Gasteiger partial charge in [-0.05, 0) is 24.3 Å². The molecule has 2 heterocycles. The molecule has 0 unspecified atom stereocenters. The molecule has 0 bridgehead atoms. The summed E-state index contributed by atoms with van der Waals surface area (Å²) in [5.74, 6) is 0.154. The highest BCUT2D eigenvalue weighted by Crippen LogP contribution is 2.29. The van der Waals surface area contributed by atoms with Crippen molar-refractivity contribution in [3.8, 4) is 11.3 Å². The van der Waals surface area contributed by atoms with Crippen LogP contribution in [0.2, 0.25) is 0 Å². The molecule has 1 aromatic heterocycles. The third-order valence-electron chi connectivity index (χ3n) is 4.72. The van der Waals surface area contributed by atoms with Crippen LogP contribution in [0.25, 0.3) is 11.3 Å². The maximum atomic E-state index is 12.5. The summed E-state index contributed by atoms with van der Waals surface area (Å²) >= 11 is 0. The number of hydrogen-bond acceptors (Lipinski definition) is 5. The van der Waals surface area contributed by atoms with Gasteiger partial charge in [0, 0.05) is 12.0 Å². The Kier molecular flexibility index (Phi) is 5.61. The van der Waals surface area contributed by atoms with Crippen LogP contribution < -0.4 is 10.2 Å². The van der Waals surface area contributed by atoms with Crippen LogP contribution in [0.1, 0.15) is 12.2 Å². The van der Waals surface area contributed by atoms with E-state index in [1.54, 1.807) is 24.3 Å². The number of hydrogen-bond donors (Lipinski definition) is 1. The number of amides is 2. The molecule has 4 rings (SSSR count). The van der Waals surface area contributed by atoms with E-state index < -0.39 is 18.5 Å². The molecule has 7 heteroatoms. The summed E-state index contributed by atoms with van der Waals surface area (Å²) < 4.78 is 10.9. The molecule has 0 saturated heterocycles. The van der Waals surface area contributed by atoms with Gasteiger partial charge in [0.15, 0.2) is 6.61 Å². The summed E-state index contributed by atoms with van der Waals surface area (Å²) in [5.41, 5.74) is 2.10. The predicted octanol–water partition coefficient (Wildman–Crippen LogP) is 3.41. The SMILES string of the molecule is O=C1CN(C(=O)COC(=O)CCc2ccc(-c3ccccc3)o2)c2ccccc2N1. The van der Waals surface area contributed by atoms with Crippen LogP contribution in [0.3, 0.4) is 0 Å². The summed E-state index contributed by atoms with van der Waals surface area (Å²) in [4.78, 5) is 37.7. The Labute approximate surface area is 173 Å². The van der Waals surface area contributed by atoms with Crippen molar-refractivity contribution in [1.29, 1.82) is 0 Å². The first-order valence-electron chi connectivity index (χ1n) is 9.59. The fourth-order valence-electron chi connectivity index (χ4n) is 3.24. The normalized spacial score (nSPS) is 12.8. The van der Waals surface area contributed by atoms with E-state index in [4.69, 9.17) is 9.15 Å². The van der Waals surface area contributed by atoms with Gasteiger partial charge in [0.05, 0.1) is 17.8 Å². The van der Waals surface area contributed by atoms with Crippen molar-refractivity contribution in [1.82, 2.24) is 0 Å². The zero-order valence-corrected chi connectivity index (χ0v) is 16.2. The maximum Gasteiger partial charge on any atom is 0.306 e. The molecule has 0 spiro atoms. The van der Waals surface area contributed by atoms with Crippen molar-refractivity contribution in [2.45, 2.75) is 12.8 Å². The number of rotatable bonds is 6. The number of furan rings is 1. The zero-order chi connectivity index (χ0) is 20.9. The fraction of sp³-hybridized carbons (Fsp3) is 0.174. The molecule has 0 fully saturated rings. The molecule has 7 nitrogen and oxygen atoms in total. The van der Waals surface area contributed by atoms with E-state index in [9.17, 15) is 14.4 Å². The average molecular weight is 404 g/mol. The van der Waals surface area contributed by atoms with E-state index in [-0.39, 0.29) is 18.9 Å². The van der Waals surface area contributed by atoms with Crippen LogP contribution in [0.4, 0.5) is 11.4 Å². The lowest BCUT2D eigenvalue weighted by atomic mass is 10.2. The molecular formula is C23H20N2O5. The van der Waals surface area contributed by atoms with Crippen molar-refractivity contribution < 1.29 is 23.5 Å². The standard InChI is InChI=1S/C23H20N2O5/c26-21-14-25(19-9-5-4-8-18(19)24-21)22(27)15-29-23(28)13-11-17-10-12-20(30-17)16-6-2-1-3-7-16/h1-10,12H,11,13-15H2,(H,24,26). The number of para-hydroxylation sites is 2. The first-order valence-corrected chi connectivity index (χ1v) is 9.59. The summed E-state index contributed by atoms with van der Waals surface area (Å²) in [6.45, 7) is -0.532. The van der Waals surface area contributed by atoms with E-state index in [1.165, 1.54) is 4.90 Å². The first-order chi connectivity index (χ1) is 14.6. The van der Waals surface area contributed by atoms with Crippen molar-refractivity contribution in [3.63, 3.8) is 0 Å². The lowest BCUT2D eigenvalue weighted by Gasteiger charge is -2.28. The minimum Gasteiger partial charge on any atom is -0.461 e.